The molecule has 2 atom stereocenters. The molecule has 4 heteroatoms. The van der Waals surface area contributed by atoms with Crippen LogP contribution in [0.1, 0.15) is 24.0 Å². The Morgan fingerprint density at radius 3 is 2.80 bits per heavy atom. The maximum atomic E-state index is 12.7. The first-order valence-corrected chi connectivity index (χ1v) is 7.34. The van der Waals surface area contributed by atoms with E-state index in [9.17, 15) is 4.79 Å². The summed E-state index contributed by atoms with van der Waals surface area (Å²) in [5.41, 5.74) is 8.40. The lowest BCUT2D eigenvalue weighted by atomic mass is 10.0. The molecule has 1 aromatic rings. The summed E-state index contributed by atoms with van der Waals surface area (Å²) in [4.78, 5) is 14.7. The first kappa shape index (κ1) is 13.6. The van der Waals surface area contributed by atoms with Crippen LogP contribution in [0.4, 0.5) is 0 Å². The summed E-state index contributed by atoms with van der Waals surface area (Å²) in [6, 6.07) is 8.60. The van der Waals surface area contributed by atoms with Gasteiger partial charge in [0.2, 0.25) is 5.91 Å². The SMILES string of the molecule is Cc1cccc(CN(C(=O)C2COCC2N)C2CC2)c1. The predicted molar refractivity (Wildman–Crippen MR) is 77.0 cm³/mol. The van der Waals surface area contributed by atoms with E-state index in [0.29, 0.717) is 25.8 Å². The second-order valence-electron chi connectivity index (χ2n) is 5.99. The summed E-state index contributed by atoms with van der Waals surface area (Å²) < 4.78 is 5.34. The van der Waals surface area contributed by atoms with Crippen molar-refractivity contribution in [1.29, 1.82) is 0 Å². The minimum atomic E-state index is -0.166. The second kappa shape index (κ2) is 5.54. The molecule has 0 bridgehead atoms. The van der Waals surface area contributed by atoms with Crippen LogP contribution in [0.2, 0.25) is 0 Å². The summed E-state index contributed by atoms with van der Waals surface area (Å²) in [5, 5.41) is 0. The van der Waals surface area contributed by atoms with Gasteiger partial charge in [0.15, 0.2) is 0 Å². The molecule has 2 unspecified atom stereocenters. The zero-order valence-corrected chi connectivity index (χ0v) is 11.9. The van der Waals surface area contributed by atoms with E-state index in [-0.39, 0.29) is 17.9 Å². The van der Waals surface area contributed by atoms with Crippen LogP contribution in [0.3, 0.4) is 0 Å². The van der Waals surface area contributed by atoms with Gasteiger partial charge in [-0.3, -0.25) is 4.79 Å². The number of hydrogen-bond donors (Lipinski definition) is 1. The molecule has 1 aliphatic heterocycles. The Bertz CT molecular complexity index is 499. The maximum absolute atomic E-state index is 12.7. The van der Waals surface area contributed by atoms with Crippen molar-refractivity contribution < 1.29 is 9.53 Å². The lowest BCUT2D eigenvalue weighted by molar-refractivity contribution is -0.137. The Balaban J connectivity index is 1.74. The van der Waals surface area contributed by atoms with E-state index in [4.69, 9.17) is 10.5 Å². The Kier molecular flexibility index (Phi) is 3.76. The van der Waals surface area contributed by atoms with E-state index in [1.165, 1.54) is 11.1 Å². The number of ether oxygens (including phenoxy) is 1. The van der Waals surface area contributed by atoms with Gasteiger partial charge in [0.25, 0.3) is 0 Å². The fraction of sp³-hybridized carbons (Fsp3) is 0.562. The molecule has 1 saturated carbocycles. The third-order valence-electron chi connectivity index (χ3n) is 4.15. The van der Waals surface area contributed by atoms with Gasteiger partial charge in [-0.05, 0) is 25.3 Å². The Morgan fingerprint density at radius 1 is 1.40 bits per heavy atom. The van der Waals surface area contributed by atoms with Crippen molar-refractivity contribution in [3.05, 3.63) is 35.4 Å². The normalized spacial score (nSPS) is 25.7. The third-order valence-corrected chi connectivity index (χ3v) is 4.15. The first-order chi connectivity index (χ1) is 9.65. The first-order valence-electron chi connectivity index (χ1n) is 7.34. The van der Waals surface area contributed by atoms with Gasteiger partial charge in [0.1, 0.15) is 0 Å². The largest absolute Gasteiger partial charge is 0.379 e. The molecule has 1 amide bonds. The molecular formula is C16H22N2O2. The highest BCUT2D eigenvalue weighted by molar-refractivity contribution is 5.80. The number of nitrogens with zero attached hydrogens (tertiary/aromatic N) is 1. The molecule has 0 radical (unpaired) electrons. The number of rotatable bonds is 4. The van der Waals surface area contributed by atoms with Gasteiger partial charge >= 0.3 is 0 Å². The molecule has 20 heavy (non-hydrogen) atoms. The molecule has 1 aliphatic carbocycles. The molecule has 108 valence electrons. The average molecular weight is 274 g/mol. The van der Waals surface area contributed by atoms with Crippen molar-refractivity contribution in [3.63, 3.8) is 0 Å². The fourth-order valence-corrected chi connectivity index (χ4v) is 2.82. The van der Waals surface area contributed by atoms with Gasteiger partial charge in [0, 0.05) is 18.6 Å². The van der Waals surface area contributed by atoms with Crippen LogP contribution < -0.4 is 5.73 Å². The number of carbonyl (C=O) groups excluding carboxylic acids is 1. The highest BCUT2D eigenvalue weighted by Gasteiger charge is 2.40. The van der Waals surface area contributed by atoms with Crippen LogP contribution in [0.15, 0.2) is 24.3 Å². The minimum Gasteiger partial charge on any atom is -0.379 e. The summed E-state index contributed by atoms with van der Waals surface area (Å²) in [5.74, 6) is -0.000541. The van der Waals surface area contributed by atoms with Crippen molar-refractivity contribution in [1.82, 2.24) is 4.90 Å². The lowest BCUT2D eigenvalue weighted by Crippen LogP contribution is -2.44. The van der Waals surface area contributed by atoms with Gasteiger partial charge in [0.05, 0.1) is 19.1 Å². The van der Waals surface area contributed by atoms with Crippen LogP contribution in [0, 0.1) is 12.8 Å². The fourth-order valence-electron chi connectivity index (χ4n) is 2.82. The molecule has 2 fully saturated rings. The van der Waals surface area contributed by atoms with E-state index in [2.05, 4.69) is 25.1 Å². The number of carbonyl (C=O) groups is 1. The monoisotopic (exact) mass is 274 g/mol. The Morgan fingerprint density at radius 2 is 2.20 bits per heavy atom. The Labute approximate surface area is 119 Å². The molecule has 0 aromatic heterocycles. The van der Waals surface area contributed by atoms with Crippen molar-refractivity contribution in [2.45, 2.75) is 38.4 Å². The van der Waals surface area contributed by atoms with Crippen LogP contribution >= 0.6 is 0 Å². The van der Waals surface area contributed by atoms with Gasteiger partial charge in [-0.2, -0.15) is 0 Å². The van der Waals surface area contributed by atoms with E-state index < -0.39 is 0 Å². The Hall–Kier alpha value is -1.39. The quantitative estimate of drug-likeness (QED) is 0.904. The van der Waals surface area contributed by atoms with Crippen molar-refractivity contribution in [2.75, 3.05) is 13.2 Å². The molecule has 1 saturated heterocycles. The number of benzene rings is 1. The maximum Gasteiger partial charge on any atom is 0.230 e. The third kappa shape index (κ3) is 2.86. The number of nitrogens with two attached hydrogens (primary N) is 1. The highest BCUT2D eigenvalue weighted by atomic mass is 16.5. The van der Waals surface area contributed by atoms with Crippen LogP contribution in [-0.2, 0) is 16.1 Å². The molecule has 1 aromatic carbocycles. The summed E-state index contributed by atoms with van der Waals surface area (Å²) in [7, 11) is 0. The standard InChI is InChI=1S/C16H22N2O2/c1-11-3-2-4-12(7-11)8-18(13-5-6-13)16(19)14-9-20-10-15(14)17/h2-4,7,13-15H,5-6,8-10,17H2,1H3. The van der Waals surface area contributed by atoms with Gasteiger partial charge in [-0.25, -0.2) is 0 Å². The topological polar surface area (TPSA) is 55.6 Å². The molecule has 4 nitrogen and oxygen atoms in total. The minimum absolute atomic E-state index is 0.152. The summed E-state index contributed by atoms with van der Waals surface area (Å²) >= 11 is 0. The van der Waals surface area contributed by atoms with Gasteiger partial charge < -0.3 is 15.4 Å². The second-order valence-corrected chi connectivity index (χ2v) is 5.99. The summed E-state index contributed by atoms with van der Waals surface area (Å²) in [6.45, 7) is 3.73. The molecular weight excluding hydrogens is 252 g/mol. The van der Waals surface area contributed by atoms with Crippen molar-refractivity contribution in [3.8, 4) is 0 Å². The van der Waals surface area contributed by atoms with Crippen LogP contribution in [-0.4, -0.2) is 36.1 Å². The summed E-state index contributed by atoms with van der Waals surface area (Å²) in [6.07, 6.45) is 2.22. The van der Waals surface area contributed by atoms with Gasteiger partial charge in [-0.15, -0.1) is 0 Å². The highest BCUT2D eigenvalue weighted by Crippen LogP contribution is 2.31. The molecule has 1 heterocycles. The van der Waals surface area contributed by atoms with E-state index in [0.717, 1.165) is 12.8 Å². The molecule has 2 aliphatic rings. The zero-order valence-electron chi connectivity index (χ0n) is 11.9. The lowest BCUT2D eigenvalue weighted by Gasteiger charge is -2.26. The number of aryl methyl sites for hydroxylation is 1. The predicted octanol–water partition coefficient (Wildman–Crippen LogP) is 1.46. The van der Waals surface area contributed by atoms with E-state index >= 15 is 0 Å². The van der Waals surface area contributed by atoms with Crippen LogP contribution in [0.25, 0.3) is 0 Å². The molecule has 3 rings (SSSR count). The molecule has 2 N–H and O–H groups in total. The van der Waals surface area contributed by atoms with Crippen molar-refractivity contribution in [2.24, 2.45) is 11.7 Å². The smallest absolute Gasteiger partial charge is 0.230 e. The molecule has 0 spiro atoms. The number of amides is 1. The zero-order chi connectivity index (χ0) is 14.1. The van der Waals surface area contributed by atoms with Crippen LogP contribution in [0.5, 0.6) is 0 Å². The van der Waals surface area contributed by atoms with E-state index in [1.54, 1.807) is 0 Å². The van der Waals surface area contributed by atoms with Crippen molar-refractivity contribution >= 4 is 5.91 Å². The van der Waals surface area contributed by atoms with Gasteiger partial charge in [-0.1, -0.05) is 29.8 Å². The van der Waals surface area contributed by atoms with E-state index in [1.807, 2.05) is 11.0 Å². The number of hydrogen-bond acceptors (Lipinski definition) is 3. The average Bonchev–Trinajstić information content (AvgIpc) is 3.17.